The topological polar surface area (TPSA) is 12.5 Å². The van der Waals surface area contributed by atoms with Crippen molar-refractivity contribution in [3.63, 3.8) is 0 Å². The van der Waals surface area contributed by atoms with Crippen LogP contribution in [0.25, 0.3) is 0 Å². The van der Waals surface area contributed by atoms with Crippen LogP contribution in [0.4, 0.5) is 0 Å². The number of hydrogen-bond donors (Lipinski definition) is 0. The summed E-state index contributed by atoms with van der Waals surface area (Å²) in [5, 5.41) is 0. The predicted octanol–water partition coefficient (Wildman–Crippen LogP) is 2.99. The summed E-state index contributed by atoms with van der Waals surface area (Å²) in [6.07, 6.45) is 5.73. The Bertz CT molecular complexity index is 169. The average molecular weight is 184 g/mol. The Morgan fingerprint density at radius 1 is 1.33 bits per heavy atom. The van der Waals surface area contributed by atoms with Crippen LogP contribution >= 0.6 is 0 Å². The summed E-state index contributed by atoms with van der Waals surface area (Å²) < 4.78 is 5.49. The van der Waals surface area contributed by atoms with Crippen LogP contribution in [0, 0.1) is 0 Å². The molecule has 0 radical (unpaired) electrons. The minimum absolute atomic E-state index is 0.455. The Labute approximate surface area is 76.8 Å². The van der Waals surface area contributed by atoms with Crippen molar-refractivity contribution in [2.24, 2.45) is 0 Å². The predicted molar refractivity (Wildman–Crippen MR) is 56.1 cm³/mol. The van der Waals surface area contributed by atoms with Gasteiger partial charge in [0.05, 0.1) is 14.2 Å². The van der Waals surface area contributed by atoms with E-state index >= 15 is 0 Å². The molecule has 70 valence electrons. The summed E-state index contributed by atoms with van der Waals surface area (Å²) in [4.78, 5) is 0. The normalized spacial score (nSPS) is 29.7. The van der Waals surface area contributed by atoms with E-state index in [9.17, 15) is 0 Å². The highest BCUT2D eigenvalue weighted by Crippen LogP contribution is 2.27. The summed E-state index contributed by atoms with van der Waals surface area (Å²) in [6.45, 7) is 9.25. The SMILES string of the molecule is CCCC1OC1C=C[Si](C)(C)C. The molecule has 1 nitrogen and oxygen atoms in total. The van der Waals surface area contributed by atoms with Crippen LogP contribution in [0.15, 0.2) is 11.8 Å². The lowest BCUT2D eigenvalue weighted by atomic mass is 10.2. The van der Waals surface area contributed by atoms with Gasteiger partial charge < -0.3 is 4.74 Å². The van der Waals surface area contributed by atoms with Crippen molar-refractivity contribution in [3.8, 4) is 0 Å². The minimum atomic E-state index is -0.993. The second-order valence-electron chi connectivity index (χ2n) is 4.65. The van der Waals surface area contributed by atoms with Crippen molar-refractivity contribution in [2.75, 3.05) is 0 Å². The fraction of sp³-hybridized carbons (Fsp3) is 0.800. The van der Waals surface area contributed by atoms with Crippen LogP contribution in [0.2, 0.25) is 19.6 Å². The molecule has 1 saturated heterocycles. The van der Waals surface area contributed by atoms with Gasteiger partial charge in [0.2, 0.25) is 0 Å². The van der Waals surface area contributed by atoms with Crippen LogP contribution in [-0.2, 0) is 4.74 Å². The van der Waals surface area contributed by atoms with Crippen LogP contribution in [0.1, 0.15) is 19.8 Å². The van der Waals surface area contributed by atoms with Gasteiger partial charge in [-0.15, -0.1) is 0 Å². The van der Waals surface area contributed by atoms with E-state index in [2.05, 4.69) is 38.3 Å². The Hall–Kier alpha value is -0.0831. The molecule has 0 bridgehead atoms. The third-order valence-corrected chi connectivity index (χ3v) is 3.17. The Balaban J connectivity index is 2.23. The molecule has 1 heterocycles. The van der Waals surface area contributed by atoms with Gasteiger partial charge in [-0.3, -0.25) is 0 Å². The zero-order valence-corrected chi connectivity index (χ0v) is 9.63. The molecule has 12 heavy (non-hydrogen) atoms. The molecular weight excluding hydrogens is 164 g/mol. The van der Waals surface area contributed by atoms with Gasteiger partial charge in [-0.25, -0.2) is 0 Å². The van der Waals surface area contributed by atoms with Gasteiger partial charge in [0.15, 0.2) is 0 Å². The smallest absolute Gasteiger partial charge is 0.102 e. The molecule has 1 fully saturated rings. The monoisotopic (exact) mass is 184 g/mol. The van der Waals surface area contributed by atoms with Crippen molar-refractivity contribution in [1.82, 2.24) is 0 Å². The summed E-state index contributed by atoms with van der Waals surface area (Å²) >= 11 is 0. The van der Waals surface area contributed by atoms with E-state index in [1.807, 2.05) is 0 Å². The van der Waals surface area contributed by atoms with Gasteiger partial charge in [0, 0.05) is 0 Å². The minimum Gasteiger partial charge on any atom is -0.365 e. The van der Waals surface area contributed by atoms with E-state index in [1.54, 1.807) is 0 Å². The van der Waals surface area contributed by atoms with Crippen molar-refractivity contribution in [2.45, 2.75) is 51.6 Å². The van der Waals surface area contributed by atoms with E-state index < -0.39 is 8.07 Å². The average Bonchev–Trinajstić information content (AvgIpc) is 2.63. The van der Waals surface area contributed by atoms with Gasteiger partial charge >= 0.3 is 0 Å². The van der Waals surface area contributed by atoms with E-state index in [-0.39, 0.29) is 0 Å². The molecule has 1 aliphatic heterocycles. The highest BCUT2D eigenvalue weighted by Gasteiger charge is 2.35. The second kappa shape index (κ2) is 3.75. The van der Waals surface area contributed by atoms with Crippen molar-refractivity contribution >= 4 is 8.07 Å². The summed E-state index contributed by atoms with van der Waals surface area (Å²) in [5.74, 6) is 0. The molecule has 0 aromatic carbocycles. The maximum Gasteiger partial charge on any atom is 0.102 e. The third kappa shape index (κ3) is 3.54. The lowest BCUT2D eigenvalue weighted by Gasteiger charge is -2.06. The standard InChI is InChI=1S/C10H20OSi/c1-5-6-9-10(11-9)7-8-12(2,3)4/h7-10H,5-6H2,1-4H3. The second-order valence-corrected chi connectivity index (χ2v) is 9.72. The Morgan fingerprint density at radius 3 is 2.50 bits per heavy atom. The first-order valence-electron chi connectivity index (χ1n) is 4.88. The van der Waals surface area contributed by atoms with Crippen molar-refractivity contribution in [1.29, 1.82) is 0 Å². The van der Waals surface area contributed by atoms with Gasteiger partial charge in [0.25, 0.3) is 0 Å². The summed E-state index contributed by atoms with van der Waals surface area (Å²) in [7, 11) is -0.993. The molecule has 0 saturated carbocycles. The molecule has 2 atom stereocenters. The molecule has 0 spiro atoms. The maximum absolute atomic E-state index is 5.49. The summed E-state index contributed by atoms with van der Waals surface area (Å²) in [5.41, 5.74) is 2.38. The van der Waals surface area contributed by atoms with Gasteiger partial charge in [0.1, 0.15) is 6.10 Å². The number of hydrogen-bond acceptors (Lipinski definition) is 1. The molecule has 1 aliphatic rings. The van der Waals surface area contributed by atoms with E-state index in [4.69, 9.17) is 4.74 Å². The number of epoxide rings is 1. The van der Waals surface area contributed by atoms with Gasteiger partial charge in [-0.1, -0.05) is 44.8 Å². The zero-order chi connectivity index (χ0) is 9.19. The van der Waals surface area contributed by atoms with Crippen LogP contribution in [0.5, 0.6) is 0 Å². The molecule has 2 unspecified atom stereocenters. The first kappa shape index (κ1) is 10.0. The third-order valence-electron chi connectivity index (χ3n) is 1.98. The fourth-order valence-corrected chi connectivity index (χ4v) is 1.99. The van der Waals surface area contributed by atoms with Gasteiger partial charge in [-0.05, 0) is 6.42 Å². The van der Waals surface area contributed by atoms with Crippen LogP contribution < -0.4 is 0 Å². The number of rotatable bonds is 4. The molecule has 0 amide bonds. The highest BCUT2D eigenvalue weighted by atomic mass is 28.3. The highest BCUT2D eigenvalue weighted by molar-refractivity contribution is 6.80. The molecule has 0 aromatic rings. The lowest BCUT2D eigenvalue weighted by Crippen LogP contribution is -2.15. The van der Waals surface area contributed by atoms with E-state index in [1.165, 1.54) is 12.8 Å². The number of ether oxygens (including phenoxy) is 1. The lowest BCUT2D eigenvalue weighted by molar-refractivity contribution is 0.378. The fourth-order valence-electron chi connectivity index (χ4n) is 1.23. The van der Waals surface area contributed by atoms with Crippen LogP contribution in [0.3, 0.4) is 0 Å². The first-order valence-corrected chi connectivity index (χ1v) is 8.45. The molecule has 0 N–H and O–H groups in total. The Kier molecular flexibility index (Phi) is 3.13. The molecule has 1 rings (SSSR count). The van der Waals surface area contributed by atoms with E-state index in [0.29, 0.717) is 12.2 Å². The van der Waals surface area contributed by atoms with Crippen molar-refractivity contribution < 1.29 is 4.74 Å². The molecule has 2 heteroatoms. The maximum atomic E-state index is 5.49. The molecule has 0 aromatic heterocycles. The summed E-state index contributed by atoms with van der Waals surface area (Å²) in [6, 6.07) is 0. The van der Waals surface area contributed by atoms with Gasteiger partial charge in [-0.2, -0.15) is 0 Å². The quantitative estimate of drug-likeness (QED) is 0.483. The molecule has 0 aliphatic carbocycles. The largest absolute Gasteiger partial charge is 0.365 e. The van der Waals surface area contributed by atoms with Crippen LogP contribution in [-0.4, -0.2) is 20.3 Å². The first-order chi connectivity index (χ1) is 5.53. The zero-order valence-electron chi connectivity index (χ0n) is 8.63. The van der Waals surface area contributed by atoms with Crippen molar-refractivity contribution in [3.05, 3.63) is 11.8 Å². The Morgan fingerprint density at radius 2 is 2.00 bits per heavy atom. The van der Waals surface area contributed by atoms with E-state index in [0.717, 1.165) is 0 Å². The molecular formula is C10H20OSi.